The summed E-state index contributed by atoms with van der Waals surface area (Å²) in [5.41, 5.74) is 2.94. The monoisotopic (exact) mass is 268 g/mol. The predicted molar refractivity (Wildman–Crippen MR) is 84.6 cm³/mol. The van der Waals surface area contributed by atoms with E-state index in [1.807, 2.05) is 12.3 Å². The summed E-state index contributed by atoms with van der Waals surface area (Å²) < 4.78 is 0. The summed E-state index contributed by atoms with van der Waals surface area (Å²) in [5.74, 6) is 0. The zero-order chi connectivity index (χ0) is 14.0. The van der Waals surface area contributed by atoms with Crippen LogP contribution < -0.4 is 5.32 Å². The number of pyridine rings is 1. The van der Waals surface area contributed by atoms with E-state index in [9.17, 15) is 0 Å². The highest BCUT2D eigenvalue weighted by atomic mass is 14.9. The Kier molecular flexibility index (Phi) is 3.75. The van der Waals surface area contributed by atoms with Crippen LogP contribution in [-0.4, -0.2) is 11.0 Å². The van der Waals surface area contributed by atoms with Crippen molar-refractivity contribution in [3.63, 3.8) is 0 Å². The predicted octanol–water partition coefficient (Wildman–Crippen LogP) is 4.29. The lowest BCUT2D eigenvalue weighted by atomic mass is 9.75. The molecule has 106 valence electrons. The van der Waals surface area contributed by atoms with Crippen LogP contribution >= 0.6 is 0 Å². The van der Waals surface area contributed by atoms with Crippen molar-refractivity contribution >= 4 is 10.9 Å². The third-order valence-corrected chi connectivity index (χ3v) is 4.50. The maximum Gasteiger partial charge on any atom is 0.0746 e. The van der Waals surface area contributed by atoms with Crippen LogP contribution in [0.3, 0.4) is 0 Å². The lowest BCUT2D eigenvalue weighted by Gasteiger charge is -2.35. The average Bonchev–Trinajstić information content (AvgIpc) is 2.44. The molecule has 1 unspecified atom stereocenters. The number of hydrogen-bond donors (Lipinski definition) is 1. The lowest BCUT2D eigenvalue weighted by molar-refractivity contribution is 0.198. The summed E-state index contributed by atoms with van der Waals surface area (Å²) in [7, 11) is 0. The Bertz CT molecular complexity index is 583. The Balaban J connectivity index is 1.71. The second-order valence-corrected chi connectivity index (χ2v) is 6.83. The number of benzene rings is 1. The number of aromatic nitrogens is 1. The molecule has 0 radical (unpaired) electrons. The highest BCUT2D eigenvalue weighted by Crippen LogP contribution is 2.35. The van der Waals surface area contributed by atoms with Gasteiger partial charge in [-0.25, -0.2) is 0 Å². The fourth-order valence-corrected chi connectivity index (χ4v) is 3.44. The SMILES string of the molecule is CC1(C)CCCC(NCc2cccc3cccnc23)C1. The first-order chi connectivity index (χ1) is 9.64. The van der Waals surface area contributed by atoms with Gasteiger partial charge >= 0.3 is 0 Å². The summed E-state index contributed by atoms with van der Waals surface area (Å²) in [5, 5.41) is 4.98. The molecule has 20 heavy (non-hydrogen) atoms. The van der Waals surface area contributed by atoms with Crippen LogP contribution in [0.2, 0.25) is 0 Å². The number of rotatable bonds is 3. The Morgan fingerprint density at radius 2 is 2.10 bits per heavy atom. The molecule has 2 heteroatoms. The fourth-order valence-electron chi connectivity index (χ4n) is 3.44. The van der Waals surface area contributed by atoms with Crippen LogP contribution in [0.4, 0.5) is 0 Å². The molecule has 1 heterocycles. The summed E-state index contributed by atoms with van der Waals surface area (Å²) in [6.07, 6.45) is 7.18. The molecule has 1 aromatic carbocycles. The highest BCUT2D eigenvalue weighted by molar-refractivity contribution is 5.81. The van der Waals surface area contributed by atoms with Gasteiger partial charge in [0.1, 0.15) is 0 Å². The smallest absolute Gasteiger partial charge is 0.0746 e. The maximum atomic E-state index is 4.53. The second-order valence-electron chi connectivity index (χ2n) is 6.83. The molecule has 1 fully saturated rings. The van der Waals surface area contributed by atoms with E-state index in [0.29, 0.717) is 11.5 Å². The molecule has 2 nitrogen and oxygen atoms in total. The number of fused-ring (bicyclic) bond motifs is 1. The van der Waals surface area contributed by atoms with E-state index in [1.165, 1.54) is 36.6 Å². The van der Waals surface area contributed by atoms with Gasteiger partial charge in [-0.3, -0.25) is 4.98 Å². The van der Waals surface area contributed by atoms with Gasteiger partial charge in [0.25, 0.3) is 0 Å². The van der Waals surface area contributed by atoms with Gasteiger partial charge in [0, 0.05) is 24.2 Å². The summed E-state index contributed by atoms with van der Waals surface area (Å²) in [4.78, 5) is 4.53. The van der Waals surface area contributed by atoms with Gasteiger partial charge in [0.15, 0.2) is 0 Å². The van der Waals surface area contributed by atoms with E-state index >= 15 is 0 Å². The van der Waals surface area contributed by atoms with Gasteiger partial charge in [0.05, 0.1) is 5.52 Å². The van der Waals surface area contributed by atoms with Crippen LogP contribution in [0.5, 0.6) is 0 Å². The Labute approximate surface area is 121 Å². The highest BCUT2D eigenvalue weighted by Gasteiger charge is 2.27. The van der Waals surface area contributed by atoms with Crippen molar-refractivity contribution in [2.75, 3.05) is 0 Å². The molecular formula is C18H24N2. The molecule has 1 saturated carbocycles. The topological polar surface area (TPSA) is 24.9 Å². The van der Waals surface area contributed by atoms with Crippen molar-refractivity contribution in [1.82, 2.24) is 10.3 Å². The molecule has 1 aromatic heterocycles. The molecule has 1 N–H and O–H groups in total. The molecular weight excluding hydrogens is 244 g/mol. The number of nitrogens with zero attached hydrogens (tertiary/aromatic N) is 1. The van der Waals surface area contributed by atoms with E-state index < -0.39 is 0 Å². The van der Waals surface area contributed by atoms with Crippen LogP contribution in [0, 0.1) is 5.41 Å². The Morgan fingerprint density at radius 1 is 1.25 bits per heavy atom. The first-order valence-corrected chi connectivity index (χ1v) is 7.70. The number of nitrogens with one attached hydrogen (secondary N) is 1. The molecule has 0 amide bonds. The van der Waals surface area contributed by atoms with Crippen molar-refractivity contribution in [1.29, 1.82) is 0 Å². The van der Waals surface area contributed by atoms with Crippen LogP contribution in [-0.2, 0) is 6.54 Å². The molecule has 0 bridgehead atoms. The molecule has 0 saturated heterocycles. The zero-order valence-electron chi connectivity index (χ0n) is 12.5. The molecule has 1 aliphatic carbocycles. The van der Waals surface area contributed by atoms with Crippen LogP contribution in [0.25, 0.3) is 10.9 Å². The van der Waals surface area contributed by atoms with Gasteiger partial charge in [-0.2, -0.15) is 0 Å². The van der Waals surface area contributed by atoms with E-state index in [4.69, 9.17) is 0 Å². The molecule has 1 atom stereocenters. The fraction of sp³-hybridized carbons (Fsp3) is 0.500. The summed E-state index contributed by atoms with van der Waals surface area (Å²) in [6.45, 7) is 5.70. The maximum absolute atomic E-state index is 4.53. The van der Waals surface area contributed by atoms with Gasteiger partial charge in [-0.15, -0.1) is 0 Å². The average molecular weight is 268 g/mol. The Morgan fingerprint density at radius 3 is 2.95 bits per heavy atom. The summed E-state index contributed by atoms with van der Waals surface area (Å²) in [6, 6.07) is 11.2. The molecule has 0 spiro atoms. The normalized spacial score (nSPS) is 22.0. The molecule has 3 rings (SSSR count). The largest absolute Gasteiger partial charge is 0.310 e. The molecule has 0 aliphatic heterocycles. The quantitative estimate of drug-likeness (QED) is 0.898. The van der Waals surface area contributed by atoms with Crippen molar-refractivity contribution in [2.45, 2.75) is 52.1 Å². The molecule has 1 aliphatic rings. The minimum absolute atomic E-state index is 0.493. The minimum Gasteiger partial charge on any atom is -0.310 e. The van der Waals surface area contributed by atoms with E-state index in [2.05, 4.69) is 48.4 Å². The minimum atomic E-state index is 0.493. The first kappa shape index (κ1) is 13.6. The standard InChI is InChI=1S/C18H24N2/c1-18(2)10-4-9-16(12-18)20-13-15-7-3-6-14-8-5-11-19-17(14)15/h3,5-8,11,16,20H,4,9-10,12-13H2,1-2H3. The van der Waals surface area contributed by atoms with Gasteiger partial charge < -0.3 is 5.32 Å². The van der Waals surface area contributed by atoms with Crippen molar-refractivity contribution in [3.8, 4) is 0 Å². The van der Waals surface area contributed by atoms with Crippen molar-refractivity contribution < 1.29 is 0 Å². The number of para-hydroxylation sites is 1. The molecule has 2 aromatic rings. The number of hydrogen-bond acceptors (Lipinski definition) is 2. The van der Waals surface area contributed by atoms with Gasteiger partial charge in [-0.1, -0.05) is 44.5 Å². The van der Waals surface area contributed by atoms with Crippen molar-refractivity contribution in [3.05, 3.63) is 42.1 Å². The third kappa shape index (κ3) is 3.01. The zero-order valence-corrected chi connectivity index (χ0v) is 12.5. The van der Waals surface area contributed by atoms with Crippen molar-refractivity contribution in [2.24, 2.45) is 5.41 Å². The summed E-state index contributed by atoms with van der Waals surface area (Å²) >= 11 is 0. The third-order valence-electron chi connectivity index (χ3n) is 4.50. The van der Waals surface area contributed by atoms with E-state index in [-0.39, 0.29) is 0 Å². The Hall–Kier alpha value is -1.41. The van der Waals surface area contributed by atoms with E-state index in [0.717, 1.165) is 12.1 Å². The van der Waals surface area contributed by atoms with Gasteiger partial charge in [0.2, 0.25) is 0 Å². The van der Waals surface area contributed by atoms with Crippen LogP contribution in [0.15, 0.2) is 36.5 Å². The lowest BCUT2D eigenvalue weighted by Crippen LogP contribution is -2.36. The van der Waals surface area contributed by atoms with Gasteiger partial charge in [-0.05, 0) is 36.3 Å². The second kappa shape index (κ2) is 5.53. The van der Waals surface area contributed by atoms with E-state index in [1.54, 1.807) is 0 Å². The van der Waals surface area contributed by atoms with Crippen LogP contribution in [0.1, 0.15) is 45.1 Å². The first-order valence-electron chi connectivity index (χ1n) is 7.70.